The van der Waals surface area contributed by atoms with Crippen LogP contribution in [-0.2, 0) is 35.1 Å². The molecule has 0 aliphatic carbocycles. The van der Waals surface area contributed by atoms with Gasteiger partial charge < -0.3 is 48.5 Å². The van der Waals surface area contributed by atoms with Gasteiger partial charge in [-0.2, -0.15) is 0 Å². The van der Waals surface area contributed by atoms with Crippen LogP contribution in [0.3, 0.4) is 0 Å². The third-order valence-electron chi connectivity index (χ3n) is 7.45. The molecule has 2 aliphatic rings. The van der Waals surface area contributed by atoms with Crippen LogP contribution in [0.4, 0.5) is 5.69 Å². The van der Waals surface area contributed by atoms with Crippen LogP contribution in [0.5, 0.6) is 0 Å². The van der Waals surface area contributed by atoms with Crippen molar-refractivity contribution in [3.05, 3.63) is 64.0 Å². The third kappa shape index (κ3) is 5.77. The Morgan fingerprint density at radius 2 is 2.05 bits per heavy atom. The zero-order valence-corrected chi connectivity index (χ0v) is 24.7. The molecule has 17 nitrogen and oxygen atoms in total. The standard InChI is InChI=1S/C25H29N6O11PS/c1-37-21-20(33)17(41-24(21)31-11-28-19-13(26)4-5-27-22(19)31)10-39-43(36,44)42-15-7-18(40-16(15)9-32)30-8-12(14-3-2-6-38-14)23(34)29-25(30)35/h2-6,8,11,15-18,20-21,24,32-33H,7,9-10H2,1H3,(H2,26,27)(H,36,44)(H,29,34,35)/t15-,16-,17-,18-,20+,21?,24-,43?/m1/s1. The minimum absolute atomic E-state index is 0.0305. The number of nitrogens with zero attached hydrogens (tertiary/aromatic N) is 4. The molecule has 2 aliphatic heterocycles. The Bertz CT molecular complexity index is 1790. The highest BCUT2D eigenvalue weighted by atomic mass is 32.5. The van der Waals surface area contributed by atoms with E-state index in [2.05, 4.69) is 15.0 Å². The van der Waals surface area contributed by atoms with Crippen molar-refractivity contribution in [2.24, 2.45) is 0 Å². The lowest BCUT2D eigenvalue weighted by Gasteiger charge is -2.24. The molecule has 8 atom stereocenters. The molecule has 6 heterocycles. The van der Waals surface area contributed by atoms with Gasteiger partial charge in [-0.1, -0.05) is 0 Å². The first-order valence-corrected chi connectivity index (χ1v) is 15.9. The van der Waals surface area contributed by atoms with E-state index in [1.54, 1.807) is 22.8 Å². The first-order chi connectivity index (χ1) is 21.1. The predicted molar refractivity (Wildman–Crippen MR) is 155 cm³/mol. The van der Waals surface area contributed by atoms with Crippen molar-refractivity contribution in [3.63, 3.8) is 0 Å². The number of hydrogen-bond donors (Lipinski definition) is 5. The fraction of sp³-hybridized carbons (Fsp3) is 0.440. The highest BCUT2D eigenvalue weighted by Crippen LogP contribution is 2.49. The monoisotopic (exact) mass is 652 g/mol. The zero-order chi connectivity index (χ0) is 31.2. The maximum atomic E-state index is 12.6. The second kappa shape index (κ2) is 12.2. The number of aliphatic hydroxyl groups excluding tert-OH is 2. The van der Waals surface area contributed by atoms with Gasteiger partial charge in [-0.3, -0.25) is 18.9 Å². The van der Waals surface area contributed by atoms with E-state index >= 15 is 0 Å². The minimum Gasteiger partial charge on any atom is -0.464 e. The molecule has 0 amide bonds. The molecule has 6 rings (SSSR count). The van der Waals surface area contributed by atoms with Crippen LogP contribution in [-0.4, -0.2) is 90.0 Å². The van der Waals surface area contributed by atoms with Gasteiger partial charge in [-0.15, -0.1) is 0 Å². The number of nitrogen functional groups attached to an aromatic ring is 1. The van der Waals surface area contributed by atoms with Gasteiger partial charge in [0, 0.05) is 25.9 Å². The van der Waals surface area contributed by atoms with Gasteiger partial charge in [0.25, 0.3) is 5.56 Å². The van der Waals surface area contributed by atoms with Gasteiger partial charge in [0.15, 0.2) is 11.9 Å². The van der Waals surface area contributed by atoms with E-state index in [4.69, 9.17) is 45.2 Å². The van der Waals surface area contributed by atoms with Gasteiger partial charge in [-0.25, -0.2) is 14.8 Å². The molecule has 44 heavy (non-hydrogen) atoms. The van der Waals surface area contributed by atoms with Gasteiger partial charge in [-0.05, 0) is 30.0 Å². The molecule has 4 aromatic rings. The number of aromatic amines is 1. The van der Waals surface area contributed by atoms with Crippen LogP contribution in [0, 0.1) is 0 Å². The summed E-state index contributed by atoms with van der Waals surface area (Å²) in [5, 5.41) is 20.9. The van der Waals surface area contributed by atoms with Crippen molar-refractivity contribution in [3.8, 4) is 11.3 Å². The summed E-state index contributed by atoms with van der Waals surface area (Å²) in [5.74, 6) is 0.236. The topological polar surface area (TPSA) is 232 Å². The molecule has 236 valence electrons. The maximum Gasteiger partial charge on any atom is 0.330 e. The molecule has 19 heteroatoms. The number of rotatable bonds is 10. The van der Waals surface area contributed by atoms with E-state index in [9.17, 15) is 24.7 Å². The van der Waals surface area contributed by atoms with Crippen LogP contribution in [0.25, 0.3) is 22.5 Å². The first kappa shape index (κ1) is 30.7. The van der Waals surface area contributed by atoms with E-state index in [1.165, 1.54) is 32.1 Å². The number of furan rings is 1. The average Bonchev–Trinajstić information content (AvgIpc) is 3.78. The Morgan fingerprint density at radius 1 is 1.23 bits per heavy atom. The quantitative estimate of drug-likeness (QED) is 0.142. The molecule has 2 saturated heterocycles. The average molecular weight is 653 g/mol. The van der Waals surface area contributed by atoms with Crippen LogP contribution in [0.2, 0.25) is 0 Å². The summed E-state index contributed by atoms with van der Waals surface area (Å²) in [7, 11) is 1.41. The van der Waals surface area contributed by atoms with Crippen LogP contribution >= 0.6 is 6.72 Å². The number of hydrogen-bond acceptors (Lipinski definition) is 14. The number of aliphatic hydroxyl groups is 2. The van der Waals surface area contributed by atoms with Crippen LogP contribution in [0.1, 0.15) is 18.9 Å². The fourth-order valence-electron chi connectivity index (χ4n) is 5.30. The number of nitrogens with two attached hydrogens (primary N) is 1. The summed E-state index contributed by atoms with van der Waals surface area (Å²) in [6.45, 7) is -4.91. The van der Waals surface area contributed by atoms with E-state index < -0.39 is 67.6 Å². The lowest BCUT2D eigenvalue weighted by Crippen LogP contribution is -2.35. The van der Waals surface area contributed by atoms with Crippen LogP contribution < -0.4 is 17.0 Å². The van der Waals surface area contributed by atoms with E-state index in [1.807, 2.05) is 0 Å². The van der Waals surface area contributed by atoms with Gasteiger partial charge >= 0.3 is 12.4 Å². The van der Waals surface area contributed by atoms with Gasteiger partial charge in [0.1, 0.15) is 41.9 Å². The molecule has 0 saturated carbocycles. The Kier molecular flexibility index (Phi) is 8.55. The SMILES string of the molecule is COC1[C@@H](O)[C@@H](COP(O)(=S)O[C@@H]2C[C@H](n3cc(-c4ccco4)c(=O)[nH]c3=O)O[C@@H]2CO)O[C@H]1n1cnc2c(N)ccnc21. The number of imidazole rings is 1. The van der Waals surface area contributed by atoms with Crippen molar-refractivity contribution in [1.29, 1.82) is 0 Å². The largest absolute Gasteiger partial charge is 0.464 e. The molecular formula is C25H29N6O11PS. The molecular weight excluding hydrogens is 623 g/mol. The summed E-state index contributed by atoms with van der Waals surface area (Å²) in [6.07, 6.45) is -1.25. The van der Waals surface area contributed by atoms with Crippen molar-refractivity contribution in [2.75, 3.05) is 26.1 Å². The highest BCUT2D eigenvalue weighted by Gasteiger charge is 2.47. The number of pyridine rings is 1. The molecule has 2 unspecified atom stereocenters. The van der Waals surface area contributed by atoms with Crippen molar-refractivity contribution in [2.45, 2.75) is 49.4 Å². The van der Waals surface area contributed by atoms with Gasteiger partial charge in [0.2, 0.25) is 0 Å². The lowest BCUT2D eigenvalue weighted by atomic mass is 10.1. The molecule has 0 aromatic carbocycles. The Morgan fingerprint density at radius 3 is 2.77 bits per heavy atom. The van der Waals surface area contributed by atoms with Crippen molar-refractivity contribution < 1.29 is 42.8 Å². The number of aromatic nitrogens is 5. The highest BCUT2D eigenvalue weighted by molar-refractivity contribution is 8.07. The number of ether oxygens (including phenoxy) is 3. The van der Waals surface area contributed by atoms with Gasteiger partial charge in [0.05, 0.1) is 43.2 Å². The fourth-order valence-corrected chi connectivity index (χ4v) is 6.77. The molecule has 0 radical (unpaired) electrons. The van der Waals surface area contributed by atoms with Crippen molar-refractivity contribution in [1.82, 2.24) is 24.1 Å². The number of fused-ring (bicyclic) bond motifs is 1. The van der Waals surface area contributed by atoms with E-state index in [-0.39, 0.29) is 24.4 Å². The normalized spacial score (nSPS) is 28.5. The Balaban J connectivity index is 1.13. The summed E-state index contributed by atoms with van der Waals surface area (Å²) in [5.41, 5.74) is 5.96. The number of methoxy groups -OCH3 is 1. The predicted octanol–water partition coefficient (Wildman–Crippen LogP) is -0.00460. The summed E-state index contributed by atoms with van der Waals surface area (Å²) in [6, 6.07) is 4.76. The smallest absolute Gasteiger partial charge is 0.330 e. The van der Waals surface area contributed by atoms with E-state index in [0.29, 0.717) is 16.9 Å². The lowest BCUT2D eigenvalue weighted by molar-refractivity contribution is -0.0599. The number of nitrogens with one attached hydrogen (secondary N) is 1. The molecule has 0 spiro atoms. The van der Waals surface area contributed by atoms with E-state index in [0.717, 1.165) is 4.57 Å². The zero-order valence-electron chi connectivity index (χ0n) is 23.0. The minimum atomic E-state index is -4.01. The molecule has 0 bridgehead atoms. The number of anilines is 1. The van der Waals surface area contributed by atoms with Crippen molar-refractivity contribution >= 4 is 35.4 Å². The second-order valence-electron chi connectivity index (χ2n) is 10.1. The summed E-state index contributed by atoms with van der Waals surface area (Å²) >= 11 is 5.22. The third-order valence-corrected chi connectivity index (χ3v) is 9.03. The Hall–Kier alpha value is -3.29. The van der Waals surface area contributed by atoms with Crippen LogP contribution in [0.15, 0.2) is 57.2 Å². The maximum absolute atomic E-state index is 12.6. The summed E-state index contributed by atoms with van der Waals surface area (Å²) < 4.78 is 36.5. The first-order valence-electron chi connectivity index (χ1n) is 13.3. The summed E-state index contributed by atoms with van der Waals surface area (Å²) in [4.78, 5) is 46.6. The Labute approximate surface area is 253 Å². The molecule has 2 fully saturated rings. The number of H-pyrrole nitrogens is 1. The second-order valence-corrected chi connectivity index (χ2v) is 12.9. The molecule has 4 aromatic heterocycles. The molecule has 6 N–H and O–H groups in total.